The SMILES string of the molecule is CCCCC(C)(C)C(=O)NCCN(C)C. The quantitative estimate of drug-likeness (QED) is 0.702. The molecule has 0 aromatic heterocycles. The van der Waals surface area contributed by atoms with Crippen LogP contribution in [0.25, 0.3) is 0 Å². The van der Waals surface area contributed by atoms with Crippen LogP contribution in [0.4, 0.5) is 0 Å². The first-order valence-electron chi connectivity index (χ1n) is 5.83. The lowest BCUT2D eigenvalue weighted by atomic mass is 9.86. The molecule has 0 unspecified atom stereocenters. The summed E-state index contributed by atoms with van der Waals surface area (Å²) >= 11 is 0. The summed E-state index contributed by atoms with van der Waals surface area (Å²) in [4.78, 5) is 13.9. The first-order valence-corrected chi connectivity index (χ1v) is 5.83. The number of unbranched alkanes of at least 4 members (excludes halogenated alkanes) is 1. The van der Waals surface area contributed by atoms with Crippen LogP contribution >= 0.6 is 0 Å². The molecule has 0 rings (SSSR count). The Hall–Kier alpha value is -0.570. The first kappa shape index (κ1) is 14.4. The average Bonchev–Trinajstić information content (AvgIpc) is 2.14. The van der Waals surface area contributed by atoms with E-state index < -0.39 is 0 Å². The molecule has 0 saturated carbocycles. The van der Waals surface area contributed by atoms with Crippen LogP contribution in [0.2, 0.25) is 0 Å². The maximum atomic E-state index is 11.8. The standard InChI is InChI=1S/C12H26N2O/c1-6-7-8-12(2,3)11(15)13-9-10-14(4)5/h6-10H2,1-5H3,(H,13,15). The van der Waals surface area contributed by atoms with E-state index >= 15 is 0 Å². The lowest BCUT2D eigenvalue weighted by molar-refractivity contribution is -0.129. The smallest absolute Gasteiger partial charge is 0.225 e. The van der Waals surface area contributed by atoms with Gasteiger partial charge in [0.25, 0.3) is 0 Å². The monoisotopic (exact) mass is 214 g/mol. The van der Waals surface area contributed by atoms with Gasteiger partial charge in [-0.05, 0) is 20.5 Å². The molecule has 0 atom stereocenters. The Morgan fingerprint density at radius 2 is 1.93 bits per heavy atom. The third-order valence-corrected chi connectivity index (χ3v) is 2.61. The normalized spacial score (nSPS) is 11.9. The molecule has 0 fully saturated rings. The lowest BCUT2D eigenvalue weighted by Crippen LogP contribution is -2.40. The number of amides is 1. The van der Waals surface area contributed by atoms with Gasteiger partial charge in [-0.2, -0.15) is 0 Å². The highest BCUT2D eigenvalue weighted by molar-refractivity contribution is 5.81. The van der Waals surface area contributed by atoms with E-state index in [0.29, 0.717) is 0 Å². The largest absolute Gasteiger partial charge is 0.354 e. The topological polar surface area (TPSA) is 32.3 Å². The molecule has 0 radical (unpaired) electrons. The molecule has 0 spiro atoms. The molecule has 0 aliphatic heterocycles. The fourth-order valence-electron chi connectivity index (χ4n) is 1.36. The van der Waals surface area contributed by atoms with Gasteiger partial charge in [-0.15, -0.1) is 0 Å². The van der Waals surface area contributed by atoms with Crippen molar-refractivity contribution in [3.8, 4) is 0 Å². The summed E-state index contributed by atoms with van der Waals surface area (Å²) in [7, 11) is 4.02. The van der Waals surface area contributed by atoms with Gasteiger partial charge in [0.1, 0.15) is 0 Å². The number of carbonyl (C=O) groups is 1. The van der Waals surface area contributed by atoms with Gasteiger partial charge in [0.15, 0.2) is 0 Å². The van der Waals surface area contributed by atoms with Crippen molar-refractivity contribution in [3.05, 3.63) is 0 Å². The molecule has 0 aliphatic carbocycles. The van der Waals surface area contributed by atoms with Crippen LogP contribution in [-0.4, -0.2) is 38.0 Å². The lowest BCUT2D eigenvalue weighted by Gasteiger charge is -2.23. The van der Waals surface area contributed by atoms with Crippen LogP contribution in [-0.2, 0) is 4.79 Å². The van der Waals surface area contributed by atoms with Gasteiger partial charge in [-0.3, -0.25) is 4.79 Å². The van der Waals surface area contributed by atoms with Crippen LogP contribution in [0.3, 0.4) is 0 Å². The summed E-state index contributed by atoms with van der Waals surface area (Å²) in [6.07, 6.45) is 3.24. The van der Waals surface area contributed by atoms with Gasteiger partial charge < -0.3 is 10.2 Å². The predicted molar refractivity (Wildman–Crippen MR) is 64.9 cm³/mol. The zero-order chi connectivity index (χ0) is 11.9. The highest BCUT2D eigenvalue weighted by Gasteiger charge is 2.26. The number of likely N-dealkylation sites (N-methyl/N-ethyl adjacent to an activating group) is 1. The second kappa shape index (κ2) is 6.83. The maximum absolute atomic E-state index is 11.8. The van der Waals surface area contributed by atoms with Crippen molar-refractivity contribution >= 4 is 5.91 Å². The fourth-order valence-corrected chi connectivity index (χ4v) is 1.36. The van der Waals surface area contributed by atoms with E-state index in [4.69, 9.17) is 0 Å². The summed E-state index contributed by atoms with van der Waals surface area (Å²) in [5.74, 6) is 0.179. The van der Waals surface area contributed by atoms with Gasteiger partial charge in [0.05, 0.1) is 0 Å². The molecular weight excluding hydrogens is 188 g/mol. The second-order valence-electron chi connectivity index (χ2n) is 5.05. The van der Waals surface area contributed by atoms with Crippen molar-refractivity contribution in [1.82, 2.24) is 10.2 Å². The molecule has 1 N–H and O–H groups in total. The number of nitrogens with one attached hydrogen (secondary N) is 1. The average molecular weight is 214 g/mol. The van der Waals surface area contributed by atoms with Gasteiger partial charge >= 0.3 is 0 Å². The van der Waals surface area contributed by atoms with Crippen molar-refractivity contribution in [2.75, 3.05) is 27.2 Å². The van der Waals surface area contributed by atoms with Gasteiger partial charge in [-0.25, -0.2) is 0 Å². The summed E-state index contributed by atoms with van der Waals surface area (Å²) in [5, 5.41) is 2.98. The van der Waals surface area contributed by atoms with E-state index in [9.17, 15) is 4.79 Å². The van der Waals surface area contributed by atoms with E-state index in [2.05, 4.69) is 17.1 Å². The Bertz CT molecular complexity index is 188. The number of hydrogen-bond acceptors (Lipinski definition) is 2. The van der Waals surface area contributed by atoms with Gasteiger partial charge in [0.2, 0.25) is 5.91 Å². The zero-order valence-corrected chi connectivity index (χ0v) is 10.9. The Kier molecular flexibility index (Phi) is 6.57. The molecule has 3 heteroatoms. The Balaban J connectivity index is 3.85. The highest BCUT2D eigenvalue weighted by atomic mass is 16.2. The summed E-state index contributed by atoms with van der Waals surface area (Å²) in [6, 6.07) is 0. The third kappa shape index (κ3) is 6.50. The van der Waals surface area contributed by atoms with Crippen LogP contribution in [0.1, 0.15) is 40.0 Å². The van der Waals surface area contributed by atoms with E-state index in [-0.39, 0.29) is 11.3 Å². The van der Waals surface area contributed by atoms with Gasteiger partial charge in [-0.1, -0.05) is 33.6 Å². The minimum absolute atomic E-state index is 0.179. The molecule has 15 heavy (non-hydrogen) atoms. The molecule has 0 heterocycles. The third-order valence-electron chi connectivity index (χ3n) is 2.61. The van der Waals surface area contributed by atoms with Crippen LogP contribution < -0.4 is 5.32 Å². The van der Waals surface area contributed by atoms with Crippen molar-refractivity contribution < 1.29 is 4.79 Å². The fraction of sp³-hybridized carbons (Fsp3) is 0.917. The van der Waals surface area contributed by atoms with Crippen LogP contribution in [0.15, 0.2) is 0 Å². The van der Waals surface area contributed by atoms with Gasteiger partial charge in [0, 0.05) is 18.5 Å². The summed E-state index contributed by atoms with van der Waals surface area (Å²) < 4.78 is 0. The number of hydrogen-bond donors (Lipinski definition) is 1. The first-order chi connectivity index (χ1) is 6.90. The van der Waals surface area contributed by atoms with Crippen molar-refractivity contribution in [2.24, 2.45) is 5.41 Å². The Morgan fingerprint density at radius 1 is 1.33 bits per heavy atom. The van der Waals surface area contributed by atoms with Crippen molar-refractivity contribution in [2.45, 2.75) is 40.0 Å². The van der Waals surface area contributed by atoms with E-state index in [0.717, 1.165) is 32.4 Å². The maximum Gasteiger partial charge on any atom is 0.225 e. The van der Waals surface area contributed by atoms with Crippen molar-refractivity contribution in [1.29, 1.82) is 0 Å². The minimum atomic E-state index is -0.220. The van der Waals surface area contributed by atoms with Crippen LogP contribution in [0, 0.1) is 5.41 Å². The molecule has 0 aliphatic rings. The number of rotatable bonds is 7. The highest BCUT2D eigenvalue weighted by Crippen LogP contribution is 2.23. The van der Waals surface area contributed by atoms with E-state index in [1.807, 2.05) is 27.9 Å². The van der Waals surface area contributed by atoms with Crippen molar-refractivity contribution in [3.63, 3.8) is 0 Å². The molecule has 0 saturated heterocycles. The van der Waals surface area contributed by atoms with E-state index in [1.165, 1.54) is 0 Å². The summed E-state index contributed by atoms with van der Waals surface area (Å²) in [6.45, 7) is 7.83. The Morgan fingerprint density at radius 3 is 2.40 bits per heavy atom. The molecule has 0 bridgehead atoms. The number of carbonyl (C=O) groups excluding carboxylic acids is 1. The number of nitrogens with zero attached hydrogens (tertiary/aromatic N) is 1. The molecule has 3 nitrogen and oxygen atoms in total. The minimum Gasteiger partial charge on any atom is -0.354 e. The summed E-state index contributed by atoms with van der Waals surface area (Å²) in [5.41, 5.74) is -0.220. The predicted octanol–water partition coefficient (Wildman–Crippen LogP) is 1.88. The van der Waals surface area contributed by atoms with Crippen LogP contribution in [0.5, 0.6) is 0 Å². The Labute approximate surface area is 94.2 Å². The second-order valence-corrected chi connectivity index (χ2v) is 5.05. The molecule has 1 amide bonds. The molecule has 90 valence electrons. The zero-order valence-electron chi connectivity index (χ0n) is 10.9. The molecule has 0 aromatic carbocycles. The van der Waals surface area contributed by atoms with E-state index in [1.54, 1.807) is 0 Å². The molecule has 0 aromatic rings. The molecular formula is C12H26N2O.